The molecule has 0 bridgehead atoms. The first-order chi connectivity index (χ1) is 9.36. The summed E-state index contributed by atoms with van der Waals surface area (Å²) in [7, 11) is 0. The summed E-state index contributed by atoms with van der Waals surface area (Å²) in [6.45, 7) is 2.23. The van der Waals surface area contributed by atoms with Crippen LogP contribution in [0.5, 0.6) is 0 Å². The number of rotatable bonds is 3. The van der Waals surface area contributed by atoms with E-state index in [4.69, 9.17) is 0 Å². The van der Waals surface area contributed by atoms with Gasteiger partial charge in [0.25, 0.3) is 0 Å². The Morgan fingerprint density at radius 3 is 2.58 bits per heavy atom. The Balaban J connectivity index is 1.89. The monoisotopic (exact) mass is 266 g/mol. The summed E-state index contributed by atoms with van der Waals surface area (Å²) in [5.74, 6) is 1.08. The van der Waals surface area contributed by atoms with Gasteiger partial charge in [0.05, 0.1) is 0 Å². The van der Waals surface area contributed by atoms with E-state index in [1.165, 1.54) is 40.0 Å². The van der Waals surface area contributed by atoms with E-state index in [1.54, 1.807) is 0 Å². The largest absolute Gasteiger partial charge is 0.121 e. The lowest BCUT2D eigenvalue weighted by Gasteiger charge is -2.16. The fourth-order valence-corrected chi connectivity index (χ4v) is 3.52. The molecule has 2 aromatic carbocycles. The van der Waals surface area contributed by atoms with Gasteiger partial charge in [-0.25, -0.2) is 0 Å². The van der Waals surface area contributed by atoms with Crippen molar-refractivity contribution in [3.05, 3.63) is 70.8 Å². The van der Waals surface area contributed by atoms with E-state index in [2.05, 4.69) is 61.5 Å². The number of hydrogen-bond donors (Lipinski definition) is 0. The van der Waals surface area contributed by atoms with Crippen molar-refractivity contribution >= 4 is 22.7 Å². The van der Waals surface area contributed by atoms with Gasteiger partial charge in [-0.05, 0) is 34.8 Å². The molecule has 1 aliphatic heterocycles. The second-order valence-corrected chi connectivity index (χ2v) is 5.96. The minimum atomic E-state index is 1.08. The summed E-state index contributed by atoms with van der Waals surface area (Å²) in [5.41, 5.74) is 5.60. The Hall–Kier alpha value is -1.47. The SMILES string of the molecule is CCCc1ccc(C2=Cc3ccccc3CS2)cc1. The first kappa shape index (κ1) is 12.6. The van der Waals surface area contributed by atoms with Crippen LogP contribution >= 0.6 is 11.8 Å². The van der Waals surface area contributed by atoms with Gasteiger partial charge >= 0.3 is 0 Å². The van der Waals surface area contributed by atoms with Crippen LogP contribution in [0.3, 0.4) is 0 Å². The predicted molar refractivity (Wildman–Crippen MR) is 86.0 cm³/mol. The standard InChI is InChI=1S/C18H18S/c1-2-5-14-8-10-15(11-9-14)18-12-16-6-3-4-7-17(16)13-19-18/h3-4,6-12H,2,5,13H2,1H3. The number of aryl methyl sites for hydroxylation is 1. The van der Waals surface area contributed by atoms with Crippen molar-refractivity contribution in [2.24, 2.45) is 0 Å². The molecule has 0 unspecified atom stereocenters. The Morgan fingerprint density at radius 1 is 1.00 bits per heavy atom. The third kappa shape index (κ3) is 2.76. The van der Waals surface area contributed by atoms with Crippen LogP contribution in [-0.2, 0) is 12.2 Å². The predicted octanol–water partition coefficient (Wildman–Crippen LogP) is 5.38. The van der Waals surface area contributed by atoms with Crippen LogP contribution in [0.1, 0.15) is 35.6 Å². The quantitative estimate of drug-likeness (QED) is 0.718. The van der Waals surface area contributed by atoms with Crippen LogP contribution in [0.4, 0.5) is 0 Å². The van der Waals surface area contributed by atoms with Gasteiger partial charge in [0.15, 0.2) is 0 Å². The maximum Gasteiger partial charge on any atom is 0.0238 e. The molecule has 0 amide bonds. The summed E-state index contributed by atoms with van der Waals surface area (Å²) < 4.78 is 0. The maximum absolute atomic E-state index is 2.32. The van der Waals surface area contributed by atoms with E-state index in [1.807, 2.05) is 11.8 Å². The van der Waals surface area contributed by atoms with Gasteiger partial charge in [-0.3, -0.25) is 0 Å². The highest BCUT2D eigenvalue weighted by Crippen LogP contribution is 2.37. The highest BCUT2D eigenvalue weighted by atomic mass is 32.2. The van der Waals surface area contributed by atoms with Crippen LogP contribution in [0, 0.1) is 0 Å². The topological polar surface area (TPSA) is 0 Å². The Morgan fingerprint density at radius 2 is 1.79 bits per heavy atom. The summed E-state index contributed by atoms with van der Waals surface area (Å²) in [5, 5.41) is 0. The second-order valence-electron chi connectivity index (χ2n) is 4.94. The molecule has 0 saturated carbocycles. The average molecular weight is 266 g/mol. The van der Waals surface area contributed by atoms with Crippen molar-refractivity contribution in [3.8, 4) is 0 Å². The van der Waals surface area contributed by atoms with Crippen molar-refractivity contribution in [3.63, 3.8) is 0 Å². The van der Waals surface area contributed by atoms with Crippen molar-refractivity contribution in [2.75, 3.05) is 0 Å². The third-order valence-electron chi connectivity index (χ3n) is 3.50. The Kier molecular flexibility index (Phi) is 3.74. The molecule has 0 atom stereocenters. The van der Waals surface area contributed by atoms with E-state index in [0.29, 0.717) is 0 Å². The first-order valence-electron chi connectivity index (χ1n) is 6.88. The van der Waals surface area contributed by atoms with E-state index in [0.717, 1.165) is 5.75 Å². The van der Waals surface area contributed by atoms with Gasteiger partial charge in [0, 0.05) is 10.7 Å². The van der Waals surface area contributed by atoms with Crippen LogP contribution in [0.2, 0.25) is 0 Å². The lowest BCUT2D eigenvalue weighted by molar-refractivity contribution is 0.922. The van der Waals surface area contributed by atoms with E-state index in [-0.39, 0.29) is 0 Å². The summed E-state index contributed by atoms with van der Waals surface area (Å²) in [6, 6.07) is 17.7. The van der Waals surface area contributed by atoms with Crippen molar-refractivity contribution in [1.82, 2.24) is 0 Å². The molecule has 1 heterocycles. The molecule has 0 spiro atoms. The number of benzene rings is 2. The smallest absolute Gasteiger partial charge is 0.0238 e. The fraction of sp³-hybridized carbons (Fsp3) is 0.222. The minimum Gasteiger partial charge on any atom is -0.121 e. The maximum atomic E-state index is 2.32. The molecule has 0 fully saturated rings. The zero-order valence-electron chi connectivity index (χ0n) is 11.2. The fourth-order valence-electron chi connectivity index (χ4n) is 2.44. The number of hydrogen-bond acceptors (Lipinski definition) is 1. The molecule has 0 saturated heterocycles. The molecule has 0 aromatic heterocycles. The highest BCUT2D eigenvalue weighted by Gasteiger charge is 2.11. The molecule has 96 valence electrons. The molecule has 0 N–H and O–H groups in total. The van der Waals surface area contributed by atoms with Gasteiger partial charge in [0.2, 0.25) is 0 Å². The van der Waals surface area contributed by atoms with Crippen molar-refractivity contribution < 1.29 is 0 Å². The molecule has 0 radical (unpaired) electrons. The minimum absolute atomic E-state index is 1.08. The molecule has 0 nitrogen and oxygen atoms in total. The average Bonchev–Trinajstić information content (AvgIpc) is 2.48. The van der Waals surface area contributed by atoms with Gasteiger partial charge in [-0.2, -0.15) is 0 Å². The zero-order valence-corrected chi connectivity index (χ0v) is 12.0. The highest BCUT2D eigenvalue weighted by molar-refractivity contribution is 8.07. The molecule has 0 aliphatic carbocycles. The lowest BCUT2D eigenvalue weighted by Crippen LogP contribution is -1.94. The van der Waals surface area contributed by atoms with Crippen LogP contribution in [-0.4, -0.2) is 0 Å². The normalized spacial score (nSPS) is 13.8. The first-order valence-corrected chi connectivity index (χ1v) is 7.87. The molecular weight excluding hydrogens is 248 g/mol. The zero-order chi connectivity index (χ0) is 13.1. The van der Waals surface area contributed by atoms with Gasteiger partial charge in [0.1, 0.15) is 0 Å². The van der Waals surface area contributed by atoms with E-state index >= 15 is 0 Å². The molecule has 1 aliphatic rings. The molecule has 1 heteroatoms. The summed E-state index contributed by atoms with van der Waals surface area (Å²) >= 11 is 1.94. The Bertz CT molecular complexity index is 593. The van der Waals surface area contributed by atoms with Crippen LogP contribution in [0.25, 0.3) is 11.0 Å². The third-order valence-corrected chi connectivity index (χ3v) is 4.62. The van der Waals surface area contributed by atoms with Crippen LogP contribution in [0.15, 0.2) is 48.5 Å². The van der Waals surface area contributed by atoms with Crippen molar-refractivity contribution in [1.29, 1.82) is 0 Å². The van der Waals surface area contributed by atoms with E-state index < -0.39 is 0 Å². The number of fused-ring (bicyclic) bond motifs is 1. The van der Waals surface area contributed by atoms with Gasteiger partial charge in [-0.1, -0.05) is 61.9 Å². The van der Waals surface area contributed by atoms with E-state index in [9.17, 15) is 0 Å². The van der Waals surface area contributed by atoms with Gasteiger partial charge in [-0.15, -0.1) is 11.8 Å². The molecule has 2 aromatic rings. The summed E-state index contributed by atoms with van der Waals surface area (Å²) in [6.07, 6.45) is 4.71. The second kappa shape index (κ2) is 5.66. The van der Waals surface area contributed by atoms with Gasteiger partial charge < -0.3 is 0 Å². The molecule has 3 rings (SSSR count). The number of thioether (sulfide) groups is 1. The summed E-state index contributed by atoms with van der Waals surface area (Å²) in [4.78, 5) is 1.39. The molecule has 19 heavy (non-hydrogen) atoms. The molecular formula is C18H18S. The lowest BCUT2D eigenvalue weighted by atomic mass is 10.0. The Labute approximate surface area is 119 Å². The van der Waals surface area contributed by atoms with Crippen LogP contribution < -0.4 is 0 Å². The van der Waals surface area contributed by atoms with Crippen molar-refractivity contribution in [2.45, 2.75) is 25.5 Å².